The van der Waals surface area contributed by atoms with Crippen molar-refractivity contribution < 1.29 is 4.79 Å². The number of thioether (sulfide) groups is 1. The van der Waals surface area contributed by atoms with Crippen LogP contribution in [0.4, 0.5) is 0 Å². The molecule has 0 amide bonds. The quantitative estimate of drug-likeness (QED) is 0.668. The molecule has 0 saturated carbocycles. The molecule has 5 heteroatoms. The van der Waals surface area contributed by atoms with Gasteiger partial charge in [-0.2, -0.15) is 0 Å². The second kappa shape index (κ2) is 5.31. The van der Waals surface area contributed by atoms with E-state index in [0.29, 0.717) is 15.7 Å². The maximum Gasteiger partial charge on any atom is 0.264 e. The first-order valence-electron chi connectivity index (χ1n) is 6.02. The van der Waals surface area contributed by atoms with Crippen molar-refractivity contribution in [3.05, 3.63) is 59.1 Å². The number of carbonyl (C=O) groups excluding carboxylic acids is 1. The summed E-state index contributed by atoms with van der Waals surface area (Å²) in [6.07, 6.45) is 1.91. The van der Waals surface area contributed by atoms with Gasteiger partial charge in [-0.1, -0.05) is 35.5 Å². The van der Waals surface area contributed by atoms with Crippen LogP contribution < -0.4 is 0 Å². The van der Waals surface area contributed by atoms with Crippen molar-refractivity contribution in [2.75, 3.05) is 6.26 Å². The zero-order valence-electron chi connectivity index (χ0n) is 10.7. The highest BCUT2D eigenvalue weighted by Gasteiger charge is 2.17. The van der Waals surface area contributed by atoms with Gasteiger partial charge in [0.25, 0.3) is 5.91 Å². The number of carbonyl (C=O) groups is 1. The average molecular weight is 303 g/mol. The summed E-state index contributed by atoms with van der Waals surface area (Å²) in [5, 5.41) is 1.30. The predicted molar refractivity (Wildman–Crippen MR) is 82.7 cm³/mol. The Hall–Kier alpha value is -1.78. The molecular weight excluding hydrogens is 292 g/mol. The number of imidazole rings is 1. The summed E-state index contributed by atoms with van der Waals surface area (Å²) in [5.74, 6) is -0.0975. The van der Waals surface area contributed by atoms with Crippen molar-refractivity contribution in [3.63, 3.8) is 0 Å². The van der Waals surface area contributed by atoms with Gasteiger partial charge in [-0.15, -0.1) is 0 Å². The van der Waals surface area contributed by atoms with Crippen LogP contribution in [0.15, 0.2) is 53.7 Å². The maximum absolute atomic E-state index is 12.7. The largest absolute Gasteiger partial charge is 0.268 e. The lowest BCUT2D eigenvalue weighted by molar-refractivity contribution is 0.0955. The van der Waals surface area contributed by atoms with E-state index in [1.54, 1.807) is 28.8 Å². The third-order valence-corrected chi connectivity index (χ3v) is 3.90. The Bertz CT molecular complexity index is 780. The zero-order valence-corrected chi connectivity index (χ0v) is 12.3. The van der Waals surface area contributed by atoms with Crippen LogP contribution in [0, 0.1) is 0 Å². The van der Waals surface area contributed by atoms with Gasteiger partial charge >= 0.3 is 0 Å². The molecule has 1 heterocycles. The first kappa shape index (κ1) is 13.2. The summed E-state index contributed by atoms with van der Waals surface area (Å²) >= 11 is 7.31. The Balaban J connectivity index is 2.17. The van der Waals surface area contributed by atoms with E-state index < -0.39 is 0 Å². The van der Waals surface area contributed by atoms with Crippen molar-refractivity contribution in [1.82, 2.24) is 9.55 Å². The number of para-hydroxylation sites is 2. The predicted octanol–water partition coefficient (Wildman–Crippen LogP) is 4.10. The van der Waals surface area contributed by atoms with Crippen LogP contribution in [0.5, 0.6) is 0 Å². The molecule has 0 aliphatic carbocycles. The van der Waals surface area contributed by atoms with Crippen LogP contribution in [-0.2, 0) is 0 Å². The van der Waals surface area contributed by atoms with E-state index in [0.717, 1.165) is 11.0 Å². The minimum Gasteiger partial charge on any atom is -0.268 e. The van der Waals surface area contributed by atoms with Gasteiger partial charge in [0.1, 0.15) is 0 Å². The van der Waals surface area contributed by atoms with E-state index >= 15 is 0 Å². The number of halogens is 1. The Morgan fingerprint density at radius 2 is 1.85 bits per heavy atom. The molecule has 0 bridgehead atoms. The molecule has 0 fully saturated rings. The van der Waals surface area contributed by atoms with Crippen molar-refractivity contribution in [1.29, 1.82) is 0 Å². The summed E-state index contributed by atoms with van der Waals surface area (Å²) in [6.45, 7) is 0. The fourth-order valence-electron chi connectivity index (χ4n) is 2.06. The first-order chi connectivity index (χ1) is 9.70. The monoisotopic (exact) mass is 302 g/mol. The SMILES string of the molecule is CSc1nc2ccccc2n1C(=O)c1ccc(Cl)cc1. The maximum atomic E-state index is 12.7. The van der Waals surface area contributed by atoms with Crippen LogP contribution in [0.1, 0.15) is 10.4 Å². The molecule has 0 saturated heterocycles. The molecule has 0 spiro atoms. The van der Waals surface area contributed by atoms with E-state index in [1.165, 1.54) is 11.8 Å². The Morgan fingerprint density at radius 1 is 1.15 bits per heavy atom. The van der Waals surface area contributed by atoms with E-state index in [4.69, 9.17) is 11.6 Å². The van der Waals surface area contributed by atoms with Gasteiger partial charge in [-0.3, -0.25) is 9.36 Å². The number of nitrogens with zero attached hydrogens (tertiary/aromatic N) is 2. The number of benzene rings is 2. The van der Waals surface area contributed by atoms with Crippen molar-refractivity contribution in [2.45, 2.75) is 5.16 Å². The summed E-state index contributed by atoms with van der Waals surface area (Å²) in [5.41, 5.74) is 2.23. The van der Waals surface area contributed by atoms with E-state index in [9.17, 15) is 4.79 Å². The third kappa shape index (κ3) is 2.21. The number of fused-ring (bicyclic) bond motifs is 1. The summed E-state index contributed by atoms with van der Waals surface area (Å²) in [7, 11) is 0. The van der Waals surface area contributed by atoms with Gasteiger partial charge in [0.05, 0.1) is 11.0 Å². The number of aromatic nitrogens is 2. The summed E-state index contributed by atoms with van der Waals surface area (Å²) in [4.78, 5) is 17.2. The standard InChI is InChI=1S/C15H11ClN2OS/c1-20-15-17-12-4-2-3-5-13(12)18(15)14(19)10-6-8-11(16)9-7-10/h2-9H,1H3. The minimum atomic E-state index is -0.0975. The van der Waals surface area contributed by atoms with Gasteiger partial charge < -0.3 is 0 Å². The molecule has 0 radical (unpaired) electrons. The molecule has 0 aliphatic heterocycles. The number of rotatable bonds is 2. The fraction of sp³-hybridized carbons (Fsp3) is 0.0667. The molecule has 3 rings (SSSR count). The van der Waals surface area contributed by atoms with Crippen LogP contribution in [-0.4, -0.2) is 21.7 Å². The van der Waals surface area contributed by atoms with E-state index in [2.05, 4.69) is 4.98 Å². The first-order valence-corrected chi connectivity index (χ1v) is 7.62. The van der Waals surface area contributed by atoms with E-state index in [1.807, 2.05) is 30.5 Å². The smallest absolute Gasteiger partial charge is 0.264 e. The molecule has 20 heavy (non-hydrogen) atoms. The molecule has 3 nitrogen and oxygen atoms in total. The molecule has 100 valence electrons. The van der Waals surface area contributed by atoms with Gasteiger partial charge in [-0.05, 0) is 42.7 Å². The lowest BCUT2D eigenvalue weighted by Crippen LogP contribution is -2.12. The minimum absolute atomic E-state index is 0.0975. The Labute approximate surface area is 125 Å². The molecule has 0 aliphatic rings. The lowest BCUT2D eigenvalue weighted by Gasteiger charge is -2.06. The highest BCUT2D eigenvalue weighted by molar-refractivity contribution is 7.98. The summed E-state index contributed by atoms with van der Waals surface area (Å²) in [6, 6.07) is 14.5. The van der Waals surface area contributed by atoms with Crippen molar-refractivity contribution in [3.8, 4) is 0 Å². The van der Waals surface area contributed by atoms with Gasteiger partial charge in [0.2, 0.25) is 0 Å². The molecule has 1 aromatic heterocycles. The van der Waals surface area contributed by atoms with Gasteiger partial charge in [0, 0.05) is 10.6 Å². The average Bonchev–Trinajstić information content (AvgIpc) is 2.85. The fourth-order valence-corrected chi connectivity index (χ4v) is 2.74. The summed E-state index contributed by atoms with van der Waals surface area (Å²) < 4.78 is 1.64. The van der Waals surface area contributed by atoms with Crippen molar-refractivity contribution >= 4 is 40.3 Å². The van der Waals surface area contributed by atoms with Crippen molar-refractivity contribution in [2.24, 2.45) is 0 Å². The Kier molecular flexibility index (Phi) is 3.51. The van der Waals surface area contributed by atoms with Gasteiger partial charge in [-0.25, -0.2) is 4.98 Å². The molecule has 0 unspecified atom stereocenters. The zero-order chi connectivity index (χ0) is 14.1. The lowest BCUT2D eigenvalue weighted by atomic mass is 10.2. The van der Waals surface area contributed by atoms with Crippen LogP contribution >= 0.6 is 23.4 Å². The Morgan fingerprint density at radius 3 is 2.55 bits per heavy atom. The number of hydrogen-bond acceptors (Lipinski definition) is 3. The normalized spacial score (nSPS) is 10.9. The van der Waals surface area contributed by atoms with Crippen LogP contribution in [0.25, 0.3) is 11.0 Å². The molecule has 0 atom stereocenters. The van der Waals surface area contributed by atoms with Crippen LogP contribution in [0.3, 0.4) is 0 Å². The highest BCUT2D eigenvalue weighted by Crippen LogP contribution is 2.24. The third-order valence-electron chi connectivity index (χ3n) is 3.01. The second-order valence-electron chi connectivity index (χ2n) is 4.23. The molecular formula is C15H11ClN2OS. The van der Waals surface area contributed by atoms with Gasteiger partial charge in [0.15, 0.2) is 5.16 Å². The van der Waals surface area contributed by atoms with E-state index in [-0.39, 0.29) is 5.91 Å². The topological polar surface area (TPSA) is 34.9 Å². The number of hydrogen-bond donors (Lipinski definition) is 0. The second-order valence-corrected chi connectivity index (χ2v) is 5.44. The molecule has 2 aromatic carbocycles. The molecule has 0 N–H and O–H groups in total. The highest BCUT2D eigenvalue weighted by atomic mass is 35.5. The van der Waals surface area contributed by atoms with Crippen LogP contribution in [0.2, 0.25) is 5.02 Å². The molecule has 3 aromatic rings.